The second kappa shape index (κ2) is 8.94. The molecule has 0 saturated heterocycles. The number of halogens is 1. The van der Waals surface area contributed by atoms with Crippen molar-refractivity contribution in [3.8, 4) is 5.69 Å². The first-order valence-electron chi connectivity index (χ1n) is 9.75. The number of azo groups is 1. The first-order chi connectivity index (χ1) is 15.8. The minimum absolute atomic E-state index is 0.0296. The van der Waals surface area contributed by atoms with Crippen LogP contribution in [0.3, 0.4) is 0 Å². The molecule has 0 saturated carbocycles. The first-order valence-corrected chi connectivity index (χ1v) is 10.1. The number of carboxylic acids is 3. The zero-order chi connectivity index (χ0) is 25.4. The van der Waals surface area contributed by atoms with Gasteiger partial charge in [-0.05, 0) is 36.4 Å². The molecule has 0 amide bonds. The van der Waals surface area contributed by atoms with E-state index in [0.29, 0.717) is 5.69 Å². The van der Waals surface area contributed by atoms with Crippen molar-refractivity contribution in [1.82, 2.24) is 9.78 Å². The van der Waals surface area contributed by atoms with Crippen molar-refractivity contribution in [2.45, 2.75) is 26.2 Å². The predicted molar refractivity (Wildman–Crippen MR) is 123 cm³/mol. The minimum Gasteiger partial charge on any atom is -0.478 e. The fraction of sp³-hybridized carbons (Fsp3) is 0.182. The standard InChI is InChI=1S/C22H20ClN5O6/c1-22(2,3)17-16(26-25-15-9-10(19(29)30)4-5-14(15)23)18(24)28(27-17)13-7-11(20(31)32)6-12(8-13)21(33)34/h4-9H,24H2,1-3H3,(H,29,30)(H,31,32)(H,33,34). The molecule has 0 unspecified atom stereocenters. The zero-order valence-corrected chi connectivity index (χ0v) is 19.0. The quantitative estimate of drug-likeness (QED) is 0.355. The summed E-state index contributed by atoms with van der Waals surface area (Å²) in [4.78, 5) is 34.3. The number of benzene rings is 2. The van der Waals surface area contributed by atoms with Crippen LogP contribution in [0.2, 0.25) is 5.02 Å². The van der Waals surface area contributed by atoms with Gasteiger partial charge in [0.15, 0.2) is 11.5 Å². The van der Waals surface area contributed by atoms with Gasteiger partial charge in [-0.1, -0.05) is 32.4 Å². The van der Waals surface area contributed by atoms with Gasteiger partial charge in [-0.25, -0.2) is 19.1 Å². The summed E-state index contributed by atoms with van der Waals surface area (Å²) in [5.41, 5.74) is 5.86. The molecular formula is C22H20ClN5O6. The molecular weight excluding hydrogens is 466 g/mol. The molecule has 0 atom stereocenters. The van der Waals surface area contributed by atoms with Crippen molar-refractivity contribution >= 4 is 46.7 Å². The molecule has 0 aliphatic rings. The van der Waals surface area contributed by atoms with Gasteiger partial charge < -0.3 is 21.1 Å². The Hall–Kier alpha value is -4.25. The molecule has 0 aliphatic carbocycles. The molecule has 0 fully saturated rings. The maximum Gasteiger partial charge on any atom is 0.335 e. The molecule has 0 bridgehead atoms. The number of carbonyl (C=O) groups is 3. The molecule has 12 heteroatoms. The molecule has 0 aliphatic heterocycles. The summed E-state index contributed by atoms with van der Waals surface area (Å²) in [5.74, 6) is -3.83. The SMILES string of the molecule is CC(C)(C)c1nn(-c2cc(C(=O)O)cc(C(=O)O)c2)c(N)c1N=Nc1cc(C(=O)O)ccc1Cl. The summed E-state index contributed by atoms with van der Waals surface area (Å²) in [6, 6.07) is 7.45. The Balaban J connectivity index is 2.21. The van der Waals surface area contributed by atoms with E-state index in [2.05, 4.69) is 15.3 Å². The van der Waals surface area contributed by atoms with Crippen molar-refractivity contribution < 1.29 is 29.7 Å². The van der Waals surface area contributed by atoms with Crippen LogP contribution in [0.1, 0.15) is 57.5 Å². The van der Waals surface area contributed by atoms with E-state index < -0.39 is 23.3 Å². The van der Waals surface area contributed by atoms with Crippen LogP contribution >= 0.6 is 11.6 Å². The summed E-state index contributed by atoms with van der Waals surface area (Å²) in [5, 5.41) is 40.8. The number of hydrogen-bond donors (Lipinski definition) is 4. The predicted octanol–water partition coefficient (Wildman–Crippen LogP) is 4.92. The summed E-state index contributed by atoms with van der Waals surface area (Å²) >= 11 is 6.12. The third-order valence-electron chi connectivity index (χ3n) is 4.71. The molecule has 11 nitrogen and oxygen atoms in total. The lowest BCUT2D eigenvalue weighted by molar-refractivity contribution is 0.0682. The normalized spacial score (nSPS) is 11.6. The maximum atomic E-state index is 11.5. The van der Waals surface area contributed by atoms with Gasteiger partial charge >= 0.3 is 17.9 Å². The highest BCUT2D eigenvalue weighted by atomic mass is 35.5. The van der Waals surface area contributed by atoms with Crippen LogP contribution in [0.5, 0.6) is 0 Å². The fourth-order valence-corrected chi connectivity index (χ4v) is 3.19. The van der Waals surface area contributed by atoms with E-state index in [1.54, 1.807) is 0 Å². The highest BCUT2D eigenvalue weighted by Gasteiger charge is 2.27. The number of carboxylic acid groups (broad SMARTS) is 3. The molecule has 176 valence electrons. The number of nitrogens with two attached hydrogens (primary N) is 1. The smallest absolute Gasteiger partial charge is 0.335 e. The van der Waals surface area contributed by atoms with Gasteiger partial charge in [0.05, 0.1) is 33.1 Å². The largest absolute Gasteiger partial charge is 0.478 e. The summed E-state index contributed by atoms with van der Waals surface area (Å²) in [6.07, 6.45) is 0. The first kappa shape index (κ1) is 24.4. The average molecular weight is 486 g/mol. The van der Waals surface area contributed by atoms with Gasteiger partial charge in [-0.2, -0.15) is 5.10 Å². The molecule has 5 N–H and O–H groups in total. The second-order valence-corrected chi connectivity index (χ2v) is 8.70. The van der Waals surface area contributed by atoms with E-state index in [1.807, 2.05) is 20.8 Å². The van der Waals surface area contributed by atoms with Crippen molar-refractivity contribution in [3.05, 3.63) is 63.8 Å². The lowest BCUT2D eigenvalue weighted by atomic mass is 9.91. The van der Waals surface area contributed by atoms with Crippen molar-refractivity contribution in [3.63, 3.8) is 0 Å². The topological polar surface area (TPSA) is 180 Å². The number of aromatic carboxylic acids is 3. The number of nitrogens with zero attached hydrogens (tertiary/aromatic N) is 4. The van der Waals surface area contributed by atoms with Crippen LogP contribution < -0.4 is 5.73 Å². The van der Waals surface area contributed by atoms with Crippen LogP contribution in [0.15, 0.2) is 46.6 Å². The van der Waals surface area contributed by atoms with E-state index in [1.165, 1.54) is 35.0 Å². The lowest BCUT2D eigenvalue weighted by Crippen LogP contribution is -2.13. The maximum absolute atomic E-state index is 11.5. The molecule has 2 aromatic carbocycles. The van der Waals surface area contributed by atoms with Crippen molar-refractivity contribution in [2.75, 3.05) is 5.73 Å². The van der Waals surface area contributed by atoms with Gasteiger partial charge in [0, 0.05) is 5.41 Å². The Morgan fingerprint density at radius 1 is 0.912 bits per heavy atom. The average Bonchev–Trinajstić information content (AvgIpc) is 3.09. The van der Waals surface area contributed by atoms with Crippen molar-refractivity contribution in [2.24, 2.45) is 10.2 Å². The molecule has 3 rings (SSSR count). The second-order valence-electron chi connectivity index (χ2n) is 8.29. The third kappa shape index (κ3) is 4.89. The highest BCUT2D eigenvalue weighted by molar-refractivity contribution is 6.33. The lowest BCUT2D eigenvalue weighted by Gasteiger charge is -2.15. The van der Waals surface area contributed by atoms with Gasteiger partial charge in [0.25, 0.3) is 0 Å². The molecule has 1 heterocycles. The molecule has 0 radical (unpaired) electrons. The van der Waals surface area contributed by atoms with E-state index in [4.69, 9.17) is 17.3 Å². The van der Waals surface area contributed by atoms with Gasteiger partial charge in [0.1, 0.15) is 5.69 Å². The highest BCUT2D eigenvalue weighted by Crippen LogP contribution is 2.38. The third-order valence-corrected chi connectivity index (χ3v) is 5.03. The van der Waals surface area contributed by atoms with Crippen molar-refractivity contribution in [1.29, 1.82) is 0 Å². The summed E-state index contributed by atoms with van der Waals surface area (Å²) in [6.45, 7) is 5.52. The number of nitrogen functional groups attached to an aromatic ring is 1. The number of aromatic nitrogens is 2. The Labute approximate surface area is 198 Å². The van der Waals surface area contributed by atoms with E-state index >= 15 is 0 Å². The molecule has 34 heavy (non-hydrogen) atoms. The zero-order valence-electron chi connectivity index (χ0n) is 18.3. The molecule has 0 spiro atoms. The van der Waals surface area contributed by atoms with E-state index in [0.717, 1.165) is 6.07 Å². The Bertz CT molecular complexity index is 1320. The van der Waals surface area contributed by atoms with E-state index in [-0.39, 0.29) is 44.6 Å². The molecule has 3 aromatic rings. The van der Waals surface area contributed by atoms with Crippen LogP contribution in [0, 0.1) is 0 Å². The Morgan fingerprint density at radius 3 is 1.97 bits per heavy atom. The number of anilines is 1. The Morgan fingerprint density at radius 2 is 1.47 bits per heavy atom. The van der Waals surface area contributed by atoms with Crippen LogP contribution in [-0.2, 0) is 5.41 Å². The monoisotopic (exact) mass is 485 g/mol. The van der Waals surface area contributed by atoms with Crippen LogP contribution in [0.25, 0.3) is 5.69 Å². The number of hydrogen-bond acceptors (Lipinski definition) is 7. The summed E-state index contributed by atoms with van der Waals surface area (Å²) in [7, 11) is 0. The number of rotatable bonds is 6. The van der Waals surface area contributed by atoms with E-state index in [9.17, 15) is 29.7 Å². The van der Waals surface area contributed by atoms with Gasteiger partial charge in [-0.15, -0.1) is 10.2 Å². The summed E-state index contributed by atoms with van der Waals surface area (Å²) < 4.78 is 1.18. The Kier molecular flexibility index (Phi) is 6.42. The fourth-order valence-electron chi connectivity index (χ4n) is 3.03. The van der Waals surface area contributed by atoms with Crippen LogP contribution in [0.4, 0.5) is 17.2 Å². The van der Waals surface area contributed by atoms with Crippen LogP contribution in [-0.4, -0.2) is 43.0 Å². The molecule has 1 aromatic heterocycles. The van der Waals surface area contributed by atoms with Gasteiger partial charge in [0.2, 0.25) is 0 Å². The van der Waals surface area contributed by atoms with Gasteiger partial charge in [-0.3, -0.25) is 0 Å². The minimum atomic E-state index is -1.32.